The molecule has 0 bridgehead atoms. The first kappa shape index (κ1) is 27.5. The van der Waals surface area contributed by atoms with E-state index < -0.39 is 36.1 Å². The highest BCUT2D eigenvalue weighted by Gasteiger charge is 2.40. The molecule has 3 aromatic rings. The van der Waals surface area contributed by atoms with E-state index in [0.717, 1.165) is 24.3 Å². The molecule has 0 saturated heterocycles. The minimum absolute atomic E-state index is 0.0162. The van der Waals surface area contributed by atoms with Gasteiger partial charge in [0.15, 0.2) is 15.6 Å². The molecule has 0 aliphatic carbocycles. The molecule has 0 atom stereocenters. The Bertz CT molecular complexity index is 1690. The van der Waals surface area contributed by atoms with Crippen molar-refractivity contribution in [2.75, 3.05) is 5.75 Å². The van der Waals surface area contributed by atoms with Gasteiger partial charge < -0.3 is 4.18 Å². The van der Waals surface area contributed by atoms with Crippen molar-refractivity contribution in [1.29, 1.82) is 0 Å². The van der Waals surface area contributed by atoms with Crippen LogP contribution in [-0.4, -0.2) is 43.1 Å². The van der Waals surface area contributed by atoms with Gasteiger partial charge in [0.05, 0.1) is 21.8 Å². The number of carbonyl (C=O) groups excluding carboxylic acids is 1. The molecule has 0 radical (unpaired) electrons. The van der Waals surface area contributed by atoms with Crippen LogP contribution < -0.4 is 4.18 Å². The van der Waals surface area contributed by atoms with Crippen molar-refractivity contribution in [2.45, 2.75) is 62.8 Å². The van der Waals surface area contributed by atoms with Crippen molar-refractivity contribution in [1.82, 2.24) is 9.78 Å². The summed E-state index contributed by atoms with van der Waals surface area (Å²) in [7, 11) is -8.00. The van der Waals surface area contributed by atoms with Gasteiger partial charge in [-0.05, 0) is 67.5 Å². The summed E-state index contributed by atoms with van der Waals surface area (Å²) in [5.41, 5.74) is 0.828. The number of nitro groups is 1. The zero-order chi connectivity index (χ0) is 28.2. The molecule has 0 spiro atoms. The third-order valence-corrected chi connectivity index (χ3v) is 9.93. The minimum Gasteiger partial charge on any atom is -0.358 e. The van der Waals surface area contributed by atoms with Gasteiger partial charge in [0, 0.05) is 24.2 Å². The number of nitro benzene ring substituents is 1. The second-order valence-electron chi connectivity index (χ2n) is 9.82. The van der Waals surface area contributed by atoms with Crippen molar-refractivity contribution in [2.24, 2.45) is 0 Å². The first-order valence-electron chi connectivity index (χ1n) is 11.8. The van der Waals surface area contributed by atoms with E-state index in [9.17, 15) is 31.7 Å². The predicted octanol–water partition coefficient (Wildman–Crippen LogP) is 3.88. The molecular formula is C25H27N3O8S2. The third-order valence-electron chi connectivity index (χ3n) is 6.81. The van der Waals surface area contributed by atoms with Crippen LogP contribution in [0.4, 0.5) is 5.69 Å². The highest BCUT2D eigenvalue weighted by molar-refractivity contribution is 7.91. The molecule has 0 amide bonds. The van der Waals surface area contributed by atoms with Gasteiger partial charge in [-0.1, -0.05) is 13.8 Å². The summed E-state index contributed by atoms with van der Waals surface area (Å²) >= 11 is 0. The number of rotatable bonds is 7. The standard InChI is InChI=1S/C25H27N3O8S2/c1-6-27-24(36-38(34,35)18-9-7-17(8-10-18)28(30)31)20(14-26-27)22(29)19-13-15(2)23-21(16(19)3)25(4,5)11-12-37(23,32)33/h7-10,13-14H,6,11-12H2,1-5H3. The van der Waals surface area contributed by atoms with Crippen LogP contribution in [0.5, 0.6) is 5.88 Å². The Balaban J connectivity index is 1.82. The largest absolute Gasteiger partial charge is 0.358 e. The summed E-state index contributed by atoms with van der Waals surface area (Å²) in [5.74, 6) is -0.860. The zero-order valence-electron chi connectivity index (χ0n) is 21.5. The van der Waals surface area contributed by atoms with Crippen LogP contribution in [0.2, 0.25) is 0 Å². The smallest absolute Gasteiger partial charge is 0.340 e. The van der Waals surface area contributed by atoms with E-state index >= 15 is 0 Å². The van der Waals surface area contributed by atoms with Crippen molar-refractivity contribution < 1.29 is 30.7 Å². The number of non-ortho nitro benzene ring substituents is 1. The lowest BCUT2D eigenvalue weighted by atomic mass is 9.77. The van der Waals surface area contributed by atoms with Gasteiger partial charge in [0.2, 0.25) is 5.88 Å². The van der Waals surface area contributed by atoms with Gasteiger partial charge in [-0.2, -0.15) is 13.5 Å². The summed E-state index contributed by atoms with van der Waals surface area (Å²) in [6.07, 6.45) is 1.61. The number of fused-ring (bicyclic) bond motifs is 1. The average molecular weight is 562 g/mol. The summed E-state index contributed by atoms with van der Waals surface area (Å²) in [6.45, 7) is 9.07. The predicted molar refractivity (Wildman–Crippen MR) is 138 cm³/mol. The van der Waals surface area contributed by atoms with E-state index in [1.165, 1.54) is 16.9 Å². The molecule has 0 fully saturated rings. The SMILES string of the molecule is CCn1ncc(C(=O)c2cc(C)c3c(c2C)C(C)(C)CCS3(=O)=O)c1OS(=O)(=O)c1ccc([N+](=O)[O-])cc1. The van der Waals surface area contributed by atoms with Gasteiger partial charge in [-0.15, -0.1) is 0 Å². The number of carbonyl (C=O) groups is 1. The van der Waals surface area contributed by atoms with Crippen LogP contribution in [0.15, 0.2) is 46.3 Å². The molecule has 0 saturated carbocycles. The lowest BCUT2D eigenvalue weighted by Gasteiger charge is -2.35. The second-order valence-corrected chi connectivity index (χ2v) is 13.4. The molecule has 11 nitrogen and oxygen atoms in total. The number of nitrogens with zero attached hydrogens (tertiary/aromatic N) is 3. The Labute approximate surface area is 220 Å². The number of hydrogen-bond acceptors (Lipinski definition) is 9. The van der Waals surface area contributed by atoms with Gasteiger partial charge in [-0.25, -0.2) is 13.1 Å². The van der Waals surface area contributed by atoms with Gasteiger partial charge in [0.1, 0.15) is 10.5 Å². The molecular weight excluding hydrogens is 534 g/mol. The van der Waals surface area contributed by atoms with Crippen LogP contribution in [0.25, 0.3) is 0 Å². The molecule has 4 rings (SSSR count). The molecule has 202 valence electrons. The fourth-order valence-electron chi connectivity index (χ4n) is 4.84. The van der Waals surface area contributed by atoms with Gasteiger partial charge >= 0.3 is 10.1 Å². The van der Waals surface area contributed by atoms with E-state index in [1.54, 1.807) is 20.8 Å². The van der Waals surface area contributed by atoms with Crippen LogP contribution in [-0.2, 0) is 31.9 Å². The average Bonchev–Trinajstić information content (AvgIpc) is 3.24. The summed E-state index contributed by atoms with van der Waals surface area (Å²) in [5, 5.41) is 15.0. The van der Waals surface area contributed by atoms with E-state index in [0.29, 0.717) is 23.1 Å². The highest BCUT2D eigenvalue weighted by atomic mass is 32.2. The normalized spacial score (nSPS) is 16.0. The fourth-order valence-corrected chi connectivity index (χ4v) is 8.06. The Morgan fingerprint density at radius 2 is 1.82 bits per heavy atom. The topological polar surface area (TPSA) is 156 Å². The number of hydrogen-bond donors (Lipinski definition) is 0. The van der Waals surface area contributed by atoms with Crippen LogP contribution in [0.3, 0.4) is 0 Å². The monoisotopic (exact) mass is 561 g/mol. The van der Waals surface area contributed by atoms with Crippen molar-refractivity contribution in [3.8, 4) is 5.88 Å². The maximum absolute atomic E-state index is 13.8. The maximum Gasteiger partial charge on any atom is 0.340 e. The molecule has 2 aromatic carbocycles. The van der Waals surface area contributed by atoms with Crippen molar-refractivity contribution in [3.63, 3.8) is 0 Å². The molecule has 0 N–H and O–H groups in total. The molecule has 1 aliphatic rings. The summed E-state index contributed by atoms with van der Waals surface area (Å²) in [6, 6.07) is 5.67. The Morgan fingerprint density at radius 3 is 2.39 bits per heavy atom. The molecule has 0 unspecified atom stereocenters. The van der Waals surface area contributed by atoms with E-state index in [4.69, 9.17) is 4.18 Å². The maximum atomic E-state index is 13.8. The zero-order valence-corrected chi connectivity index (χ0v) is 23.1. The Hall–Kier alpha value is -3.58. The molecule has 1 aliphatic heterocycles. The molecule has 1 aromatic heterocycles. The van der Waals surface area contributed by atoms with Crippen LogP contribution in [0, 0.1) is 24.0 Å². The van der Waals surface area contributed by atoms with Gasteiger partial charge in [-0.3, -0.25) is 14.9 Å². The lowest BCUT2D eigenvalue weighted by Crippen LogP contribution is -2.33. The van der Waals surface area contributed by atoms with Crippen LogP contribution >= 0.6 is 0 Å². The summed E-state index contributed by atoms with van der Waals surface area (Å²) < 4.78 is 58.4. The lowest BCUT2D eigenvalue weighted by molar-refractivity contribution is -0.384. The minimum atomic E-state index is -4.48. The molecule has 38 heavy (non-hydrogen) atoms. The van der Waals surface area contributed by atoms with Crippen LogP contribution in [0.1, 0.15) is 59.8 Å². The fraction of sp³-hybridized carbons (Fsp3) is 0.360. The first-order chi connectivity index (χ1) is 17.6. The summed E-state index contributed by atoms with van der Waals surface area (Å²) in [4.78, 5) is 24.0. The van der Waals surface area contributed by atoms with E-state index in [1.807, 2.05) is 13.8 Å². The second kappa shape index (κ2) is 9.31. The Kier molecular flexibility index (Phi) is 6.73. The molecule has 2 heterocycles. The number of aryl methyl sites for hydroxylation is 2. The Morgan fingerprint density at radius 1 is 1.18 bits per heavy atom. The van der Waals surface area contributed by atoms with Crippen molar-refractivity contribution in [3.05, 3.63) is 74.5 Å². The third kappa shape index (κ3) is 4.60. The van der Waals surface area contributed by atoms with E-state index in [2.05, 4.69) is 5.10 Å². The first-order valence-corrected chi connectivity index (χ1v) is 14.8. The number of sulfone groups is 1. The van der Waals surface area contributed by atoms with E-state index in [-0.39, 0.29) is 44.8 Å². The van der Waals surface area contributed by atoms with Gasteiger partial charge in [0.25, 0.3) is 5.69 Å². The number of aromatic nitrogens is 2. The number of ketones is 1. The molecule has 13 heteroatoms. The highest BCUT2D eigenvalue weighted by Crippen LogP contribution is 2.43. The van der Waals surface area contributed by atoms with Crippen molar-refractivity contribution >= 4 is 31.4 Å². The number of benzene rings is 2. The quantitative estimate of drug-likeness (QED) is 0.181.